The quantitative estimate of drug-likeness (QED) is 0.441. The molecule has 3 aromatic heterocycles. The zero-order valence-corrected chi connectivity index (χ0v) is 20.1. The molecule has 5 rings (SSSR count). The number of nitrogens with zero attached hydrogens (tertiary/aromatic N) is 7. The van der Waals surface area contributed by atoms with E-state index in [1.54, 1.807) is 4.52 Å². The van der Waals surface area contributed by atoms with Crippen LogP contribution in [0, 0.1) is 26.7 Å². The van der Waals surface area contributed by atoms with E-state index in [2.05, 4.69) is 50.5 Å². The third-order valence-electron chi connectivity index (χ3n) is 6.89. The highest BCUT2D eigenvalue weighted by atomic mass is 16.2. The predicted molar refractivity (Wildman–Crippen MR) is 130 cm³/mol. The van der Waals surface area contributed by atoms with Crippen molar-refractivity contribution < 1.29 is 4.79 Å². The van der Waals surface area contributed by atoms with Gasteiger partial charge in [-0.15, -0.1) is 15.3 Å². The minimum absolute atomic E-state index is 0.240. The summed E-state index contributed by atoms with van der Waals surface area (Å²) in [5.74, 6) is 2.22. The van der Waals surface area contributed by atoms with Crippen molar-refractivity contribution in [3.05, 3.63) is 70.8 Å². The molecule has 1 saturated heterocycles. The first-order valence-electron chi connectivity index (χ1n) is 12.1. The van der Waals surface area contributed by atoms with Crippen molar-refractivity contribution in [1.29, 1.82) is 0 Å². The molecule has 0 aliphatic carbocycles. The van der Waals surface area contributed by atoms with Gasteiger partial charge in [0.25, 0.3) is 0 Å². The molecule has 1 atom stereocenters. The maximum atomic E-state index is 13.1. The fourth-order valence-electron chi connectivity index (χ4n) is 5.05. The lowest BCUT2D eigenvalue weighted by Gasteiger charge is -2.33. The molecule has 34 heavy (non-hydrogen) atoms. The maximum absolute atomic E-state index is 13.1. The molecular weight excluding hydrogens is 426 g/mol. The lowest BCUT2D eigenvalue weighted by molar-refractivity contribution is -0.132. The smallest absolute Gasteiger partial charge is 0.222 e. The van der Waals surface area contributed by atoms with Crippen LogP contribution in [0.5, 0.6) is 0 Å². The predicted octanol–water partition coefficient (Wildman–Crippen LogP) is 3.65. The Morgan fingerprint density at radius 2 is 1.85 bits per heavy atom. The van der Waals surface area contributed by atoms with Gasteiger partial charge in [0.1, 0.15) is 0 Å². The van der Waals surface area contributed by atoms with Crippen molar-refractivity contribution in [3.63, 3.8) is 0 Å². The molecule has 1 fully saturated rings. The van der Waals surface area contributed by atoms with Crippen molar-refractivity contribution in [2.75, 3.05) is 13.1 Å². The number of hydrogen-bond acceptors (Lipinski definition) is 5. The van der Waals surface area contributed by atoms with Gasteiger partial charge in [0.2, 0.25) is 5.91 Å². The average Bonchev–Trinajstić information content (AvgIpc) is 3.36. The number of amides is 1. The Morgan fingerprint density at radius 3 is 2.68 bits per heavy atom. The van der Waals surface area contributed by atoms with E-state index in [0.717, 1.165) is 48.7 Å². The topological polar surface area (TPSA) is 81.2 Å². The third kappa shape index (κ3) is 4.44. The number of likely N-dealkylation sites (tertiary alicyclic amines) is 1. The lowest BCUT2D eigenvalue weighted by Crippen LogP contribution is -2.40. The summed E-state index contributed by atoms with van der Waals surface area (Å²) in [7, 11) is 0. The van der Waals surface area contributed by atoms with Crippen LogP contribution in [0.3, 0.4) is 0 Å². The summed E-state index contributed by atoms with van der Waals surface area (Å²) in [6.07, 6.45) is 4.49. The number of rotatable bonds is 6. The molecule has 0 spiro atoms. The van der Waals surface area contributed by atoms with Crippen molar-refractivity contribution in [1.82, 2.24) is 34.5 Å². The van der Waals surface area contributed by atoms with Gasteiger partial charge in [0.15, 0.2) is 17.3 Å². The van der Waals surface area contributed by atoms with Gasteiger partial charge < -0.3 is 4.90 Å². The van der Waals surface area contributed by atoms with Gasteiger partial charge in [0.05, 0.1) is 5.69 Å². The highest BCUT2D eigenvalue weighted by Crippen LogP contribution is 2.23. The highest BCUT2D eigenvalue weighted by Gasteiger charge is 2.24. The van der Waals surface area contributed by atoms with Crippen LogP contribution in [0.15, 0.2) is 42.5 Å². The minimum Gasteiger partial charge on any atom is -0.342 e. The molecule has 4 aromatic rings. The van der Waals surface area contributed by atoms with E-state index >= 15 is 0 Å². The largest absolute Gasteiger partial charge is 0.342 e. The summed E-state index contributed by atoms with van der Waals surface area (Å²) in [5.41, 5.74) is 5.14. The second-order valence-electron chi connectivity index (χ2n) is 9.31. The molecule has 8 heteroatoms. The first kappa shape index (κ1) is 22.3. The van der Waals surface area contributed by atoms with Gasteiger partial charge in [0, 0.05) is 25.2 Å². The Bertz CT molecular complexity index is 1310. The van der Waals surface area contributed by atoms with E-state index in [9.17, 15) is 4.79 Å². The van der Waals surface area contributed by atoms with E-state index in [0.29, 0.717) is 30.2 Å². The van der Waals surface area contributed by atoms with E-state index in [1.807, 2.05) is 37.6 Å². The first-order chi connectivity index (χ1) is 16.5. The van der Waals surface area contributed by atoms with Crippen molar-refractivity contribution in [2.45, 2.75) is 52.9 Å². The van der Waals surface area contributed by atoms with Crippen LogP contribution in [0.25, 0.3) is 11.5 Å². The molecule has 0 N–H and O–H groups in total. The number of aromatic nitrogens is 6. The zero-order chi connectivity index (χ0) is 23.7. The first-order valence-corrected chi connectivity index (χ1v) is 12.1. The Morgan fingerprint density at radius 1 is 1.03 bits per heavy atom. The van der Waals surface area contributed by atoms with E-state index in [4.69, 9.17) is 5.10 Å². The standard InChI is InChI=1S/C26H31N7O/c1-18-23(19(2)32(29-18)25-13-12-24-28-27-20(3)33(24)30-25)11-14-26(34)31-15-7-10-22(17-31)16-21-8-5-4-6-9-21/h4-6,8-9,12-13,22H,7,10-11,14-17H2,1-3H3. The van der Waals surface area contributed by atoms with Gasteiger partial charge in [-0.2, -0.15) is 9.61 Å². The number of benzene rings is 1. The number of piperidine rings is 1. The number of fused-ring (bicyclic) bond motifs is 1. The number of carbonyl (C=O) groups excluding carboxylic acids is 1. The Kier molecular flexibility index (Phi) is 6.13. The van der Waals surface area contributed by atoms with Crippen molar-refractivity contribution >= 4 is 11.6 Å². The van der Waals surface area contributed by atoms with Crippen molar-refractivity contribution in [2.24, 2.45) is 5.92 Å². The maximum Gasteiger partial charge on any atom is 0.222 e. The van der Waals surface area contributed by atoms with Crippen LogP contribution in [-0.2, 0) is 17.6 Å². The highest BCUT2D eigenvalue weighted by molar-refractivity contribution is 5.76. The molecular formula is C26H31N7O. The number of hydrogen-bond donors (Lipinski definition) is 0. The monoisotopic (exact) mass is 457 g/mol. The lowest BCUT2D eigenvalue weighted by atomic mass is 9.91. The second kappa shape index (κ2) is 9.37. The van der Waals surface area contributed by atoms with Crippen LogP contribution in [0.4, 0.5) is 0 Å². The normalized spacial score (nSPS) is 16.3. The summed E-state index contributed by atoms with van der Waals surface area (Å²) in [6.45, 7) is 7.64. The Hall–Kier alpha value is -3.55. The van der Waals surface area contributed by atoms with Crippen LogP contribution < -0.4 is 0 Å². The average molecular weight is 458 g/mol. The summed E-state index contributed by atoms with van der Waals surface area (Å²) in [6, 6.07) is 14.4. The third-order valence-corrected chi connectivity index (χ3v) is 6.89. The van der Waals surface area contributed by atoms with Crippen LogP contribution in [0.1, 0.15) is 47.6 Å². The van der Waals surface area contributed by atoms with E-state index < -0.39 is 0 Å². The molecule has 1 amide bonds. The fraction of sp³-hybridized carbons (Fsp3) is 0.423. The van der Waals surface area contributed by atoms with E-state index in [1.165, 1.54) is 12.0 Å². The van der Waals surface area contributed by atoms with Crippen LogP contribution >= 0.6 is 0 Å². The molecule has 1 unspecified atom stereocenters. The summed E-state index contributed by atoms with van der Waals surface area (Å²) in [4.78, 5) is 15.2. The Balaban J connectivity index is 1.25. The van der Waals surface area contributed by atoms with Gasteiger partial charge in [-0.1, -0.05) is 30.3 Å². The molecule has 1 aliphatic rings. The molecule has 0 radical (unpaired) electrons. The summed E-state index contributed by atoms with van der Waals surface area (Å²) in [5, 5.41) is 17.5. The Labute approximate surface area is 199 Å². The molecule has 1 aromatic carbocycles. The summed E-state index contributed by atoms with van der Waals surface area (Å²) >= 11 is 0. The molecule has 0 saturated carbocycles. The van der Waals surface area contributed by atoms with Crippen LogP contribution in [0.2, 0.25) is 0 Å². The number of aryl methyl sites for hydroxylation is 2. The molecule has 0 bridgehead atoms. The molecule has 1 aliphatic heterocycles. The SMILES string of the molecule is Cc1nn(-c2ccc3nnc(C)n3n2)c(C)c1CCC(=O)N1CCCC(Cc2ccccc2)C1. The minimum atomic E-state index is 0.240. The van der Waals surface area contributed by atoms with Gasteiger partial charge >= 0.3 is 0 Å². The molecule has 8 nitrogen and oxygen atoms in total. The number of carbonyl (C=O) groups is 1. The molecule has 176 valence electrons. The molecule has 4 heterocycles. The zero-order valence-electron chi connectivity index (χ0n) is 20.1. The van der Waals surface area contributed by atoms with Gasteiger partial charge in [-0.05, 0) is 75.6 Å². The fourth-order valence-corrected chi connectivity index (χ4v) is 5.05. The van der Waals surface area contributed by atoms with Gasteiger partial charge in [-0.25, -0.2) is 4.68 Å². The van der Waals surface area contributed by atoms with Crippen molar-refractivity contribution in [3.8, 4) is 5.82 Å². The second-order valence-corrected chi connectivity index (χ2v) is 9.31. The van der Waals surface area contributed by atoms with E-state index in [-0.39, 0.29) is 5.91 Å². The van der Waals surface area contributed by atoms with Crippen LogP contribution in [-0.4, -0.2) is 53.5 Å². The van der Waals surface area contributed by atoms with Gasteiger partial charge in [-0.3, -0.25) is 4.79 Å². The summed E-state index contributed by atoms with van der Waals surface area (Å²) < 4.78 is 3.57.